The minimum atomic E-state index is -0.0864. The first-order valence-corrected chi connectivity index (χ1v) is 4.56. The fourth-order valence-electron chi connectivity index (χ4n) is 1.51. The molecule has 0 bridgehead atoms. The Labute approximate surface area is 87.3 Å². The Morgan fingerprint density at radius 1 is 1.47 bits per heavy atom. The molecule has 0 radical (unpaired) electrons. The zero-order valence-corrected chi connectivity index (χ0v) is 8.69. The SMILES string of the molecule is C=C(C)C(=O)c1cncc2ncn(C)c12. The first kappa shape index (κ1) is 9.58. The van der Waals surface area contributed by atoms with Crippen LogP contribution >= 0.6 is 0 Å². The van der Waals surface area contributed by atoms with Crippen molar-refractivity contribution >= 4 is 16.8 Å². The quantitative estimate of drug-likeness (QED) is 0.549. The molecule has 0 saturated carbocycles. The number of aromatic nitrogens is 3. The van der Waals surface area contributed by atoms with E-state index in [1.54, 1.807) is 25.6 Å². The average molecular weight is 201 g/mol. The van der Waals surface area contributed by atoms with Crippen molar-refractivity contribution in [3.05, 3.63) is 36.4 Å². The normalized spacial score (nSPS) is 10.5. The van der Waals surface area contributed by atoms with Gasteiger partial charge in [0.05, 0.1) is 23.6 Å². The summed E-state index contributed by atoms with van der Waals surface area (Å²) in [6.45, 7) is 5.34. The second kappa shape index (κ2) is 3.31. The molecule has 0 aliphatic rings. The van der Waals surface area contributed by atoms with Crippen molar-refractivity contribution in [3.63, 3.8) is 0 Å². The van der Waals surface area contributed by atoms with Crippen LogP contribution in [0, 0.1) is 0 Å². The molecular weight excluding hydrogens is 190 g/mol. The molecule has 2 heterocycles. The Bertz CT molecular complexity index is 554. The number of carbonyl (C=O) groups excluding carboxylic acids is 1. The molecule has 0 aromatic carbocycles. The van der Waals surface area contributed by atoms with Crippen LogP contribution < -0.4 is 0 Å². The lowest BCUT2D eigenvalue weighted by molar-refractivity contribution is 0.103. The van der Waals surface area contributed by atoms with Crippen LogP contribution in [0.15, 0.2) is 30.9 Å². The molecule has 0 N–H and O–H groups in total. The lowest BCUT2D eigenvalue weighted by Gasteiger charge is -2.02. The van der Waals surface area contributed by atoms with Crippen LogP contribution in [0.5, 0.6) is 0 Å². The monoisotopic (exact) mass is 201 g/mol. The number of imidazole rings is 1. The second-order valence-corrected chi connectivity index (χ2v) is 3.52. The van der Waals surface area contributed by atoms with Gasteiger partial charge in [0.15, 0.2) is 5.78 Å². The van der Waals surface area contributed by atoms with Gasteiger partial charge in [-0.1, -0.05) is 6.58 Å². The van der Waals surface area contributed by atoms with E-state index in [1.165, 1.54) is 0 Å². The number of hydrogen-bond acceptors (Lipinski definition) is 3. The maximum Gasteiger partial charge on any atom is 0.191 e. The van der Waals surface area contributed by atoms with Gasteiger partial charge in [-0.3, -0.25) is 9.78 Å². The maximum absolute atomic E-state index is 11.8. The molecule has 0 aliphatic heterocycles. The molecule has 2 rings (SSSR count). The Balaban J connectivity index is 2.75. The number of allylic oxidation sites excluding steroid dienone is 1. The molecule has 4 heteroatoms. The van der Waals surface area contributed by atoms with Gasteiger partial charge >= 0.3 is 0 Å². The number of hydrogen-bond donors (Lipinski definition) is 0. The van der Waals surface area contributed by atoms with Gasteiger partial charge in [-0.05, 0) is 12.5 Å². The van der Waals surface area contributed by atoms with Gasteiger partial charge < -0.3 is 4.57 Å². The van der Waals surface area contributed by atoms with Gasteiger partial charge in [0, 0.05) is 13.2 Å². The van der Waals surface area contributed by atoms with Gasteiger partial charge in [-0.15, -0.1) is 0 Å². The third kappa shape index (κ3) is 1.44. The third-order valence-electron chi connectivity index (χ3n) is 2.25. The van der Waals surface area contributed by atoms with E-state index >= 15 is 0 Å². The van der Waals surface area contributed by atoms with E-state index in [1.807, 2.05) is 11.6 Å². The van der Waals surface area contributed by atoms with E-state index in [2.05, 4.69) is 16.5 Å². The first-order chi connectivity index (χ1) is 7.11. The Kier molecular flexibility index (Phi) is 2.11. The van der Waals surface area contributed by atoms with Crippen LogP contribution in [0.25, 0.3) is 11.0 Å². The average Bonchev–Trinajstić information content (AvgIpc) is 2.59. The van der Waals surface area contributed by atoms with Crippen molar-refractivity contribution < 1.29 is 4.79 Å². The fraction of sp³-hybridized carbons (Fsp3) is 0.182. The summed E-state index contributed by atoms with van der Waals surface area (Å²) in [6.07, 6.45) is 4.87. The molecular formula is C11H11N3O. The summed E-state index contributed by atoms with van der Waals surface area (Å²) in [6, 6.07) is 0. The summed E-state index contributed by atoms with van der Waals surface area (Å²) in [4.78, 5) is 20.0. The van der Waals surface area contributed by atoms with Crippen molar-refractivity contribution in [1.29, 1.82) is 0 Å². The summed E-state index contributed by atoms with van der Waals surface area (Å²) < 4.78 is 1.81. The number of aryl methyl sites for hydroxylation is 1. The van der Waals surface area contributed by atoms with Gasteiger partial charge in [0.1, 0.15) is 5.52 Å². The van der Waals surface area contributed by atoms with Crippen molar-refractivity contribution in [2.75, 3.05) is 0 Å². The molecule has 0 atom stereocenters. The zero-order valence-electron chi connectivity index (χ0n) is 8.69. The van der Waals surface area contributed by atoms with Crippen LogP contribution in [0.1, 0.15) is 17.3 Å². The van der Waals surface area contributed by atoms with Crippen molar-refractivity contribution in [2.24, 2.45) is 7.05 Å². The number of ketones is 1. The third-order valence-corrected chi connectivity index (χ3v) is 2.25. The van der Waals surface area contributed by atoms with E-state index in [9.17, 15) is 4.79 Å². The lowest BCUT2D eigenvalue weighted by Crippen LogP contribution is -2.03. The number of carbonyl (C=O) groups is 1. The number of nitrogens with zero attached hydrogens (tertiary/aromatic N) is 3. The highest BCUT2D eigenvalue weighted by atomic mass is 16.1. The predicted octanol–water partition coefficient (Wildman–Crippen LogP) is 1.73. The van der Waals surface area contributed by atoms with Crippen LogP contribution in [0.3, 0.4) is 0 Å². The minimum absolute atomic E-state index is 0.0864. The molecule has 0 saturated heterocycles. The highest BCUT2D eigenvalue weighted by molar-refractivity contribution is 6.14. The van der Waals surface area contributed by atoms with Gasteiger partial charge in [-0.2, -0.15) is 0 Å². The molecule has 15 heavy (non-hydrogen) atoms. The molecule has 4 nitrogen and oxygen atoms in total. The number of fused-ring (bicyclic) bond motifs is 1. The van der Waals surface area contributed by atoms with Crippen LogP contribution in [0.4, 0.5) is 0 Å². The van der Waals surface area contributed by atoms with Crippen LogP contribution in [0.2, 0.25) is 0 Å². The smallest absolute Gasteiger partial charge is 0.191 e. The largest absolute Gasteiger partial charge is 0.333 e. The number of pyridine rings is 1. The summed E-state index contributed by atoms with van der Waals surface area (Å²) in [7, 11) is 1.85. The van der Waals surface area contributed by atoms with Gasteiger partial charge in [0.2, 0.25) is 0 Å². The Morgan fingerprint density at radius 3 is 2.87 bits per heavy atom. The summed E-state index contributed by atoms with van der Waals surface area (Å²) in [5.74, 6) is -0.0864. The molecule has 0 aliphatic carbocycles. The van der Waals surface area contributed by atoms with Gasteiger partial charge in [0.25, 0.3) is 0 Å². The highest BCUT2D eigenvalue weighted by Gasteiger charge is 2.13. The molecule has 76 valence electrons. The Hall–Kier alpha value is -1.97. The standard InChI is InChI=1S/C11H11N3O/c1-7(2)11(15)8-4-12-5-9-10(8)14(3)6-13-9/h4-6H,1H2,2-3H3. The van der Waals surface area contributed by atoms with E-state index < -0.39 is 0 Å². The minimum Gasteiger partial charge on any atom is -0.333 e. The van der Waals surface area contributed by atoms with Crippen molar-refractivity contribution in [3.8, 4) is 0 Å². The highest BCUT2D eigenvalue weighted by Crippen LogP contribution is 2.17. The molecule has 0 unspecified atom stereocenters. The number of rotatable bonds is 2. The van der Waals surface area contributed by atoms with Gasteiger partial charge in [-0.25, -0.2) is 4.98 Å². The molecule has 0 spiro atoms. The molecule has 0 fully saturated rings. The molecule has 2 aromatic heterocycles. The van der Waals surface area contributed by atoms with Crippen molar-refractivity contribution in [2.45, 2.75) is 6.92 Å². The molecule has 2 aromatic rings. The maximum atomic E-state index is 11.8. The Morgan fingerprint density at radius 2 is 2.20 bits per heavy atom. The fourth-order valence-corrected chi connectivity index (χ4v) is 1.51. The summed E-state index contributed by atoms with van der Waals surface area (Å²) in [5.41, 5.74) is 2.59. The number of Topliss-reactive ketones (excluding diaryl/α,β-unsaturated/α-hetero) is 1. The topological polar surface area (TPSA) is 47.8 Å². The second-order valence-electron chi connectivity index (χ2n) is 3.52. The van der Waals surface area contributed by atoms with Crippen molar-refractivity contribution in [1.82, 2.24) is 14.5 Å². The summed E-state index contributed by atoms with van der Waals surface area (Å²) in [5, 5.41) is 0. The lowest BCUT2D eigenvalue weighted by atomic mass is 10.1. The van der Waals surface area contributed by atoms with E-state index in [0.29, 0.717) is 11.1 Å². The predicted molar refractivity (Wildman–Crippen MR) is 57.7 cm³/mol. The van der Waals surface area contributed by atoms with E-state index in [4.69, 9.17) is 0 Å². The molecule has 0 amide bonds. The van der Waals surface area contributed by atoms with E-state index in [-0.39, 0.29) is 5.78 Å². The zero-order chi connectivity index (χ0) is 11.0. The summed E-state index contributed by atoms with van der Waals surface area (Å²) >= 11 is 0. The van der Waals surface area contributed by atoms with E-state index in [0.717, 1.165) is 11.0 Å². The first-order valence-electron chi connectivity index (χ1n) is 4.56. The van der Waals surface area contributed by atoms with Crippen LogP contribution in [-0.2, 0) is 7.05 Å². The van der Waals surface area contributed by atoms with Crippen LogP contribution in [-0.4, -0.2) is 20.3 Å².